The minimum absolute atomic E-state index is 0.254. The summed E-state index contributed by atoms with van der Waals surface area (Å²) in [6.07, 6.45) is -17.7. The Morgan fingerprint density at radius 1 is 0.944 bits per heavy atom. The normalized spacial score (nSPS) is 54.4. The van der Waals surface area contributed by atoms with Gasteiger partial charge in [0, 0.05) is 12.1 Å². The molecule has 16 atom stereocenters. The molecule has 210 valence electrons. The molecule has 16 nitrogen and oxygen atoms in total. The minimum Gasteiger partial charge on any atom is -0.395 e. The number of nitrogens with two attached hydrogens (primary N) is 2. The summed E-state index contributed by atoms with van der Waals surface area (Å²) in [6.45, 7) is -1.33. The first-order valence-electron chi connectivity index (χ1n) is 11.8. The maximum absolute atomic E-state index is 10.7. The van der Waals surface area contributed by atoms with E-state index in [1.807, 2.05) is 0 Å². The molecule has 4 aliphatic rings. The van der Waals surface area contributed by atoms with Crippen molar-refractivity contribution in [3.63, 3.8) is 0 Å². The van der Waals surface area contributed by atoms with Gasteiger partial charge in [-0.05, 0) is 13.5 Å². The van der Waals surface area contributed by atoms with E-state index in [0.717, 1.165) is 0 Å². The second kappa shape index (κ2) is 10.9. The van der Waals surface area contributed by atoms with Crippen LogP contribution in [0.4, 0.5) is 0 Å². The van der Waals surface area contributed by atoms with Crippen LogP contribution in [0.15, 0.2) is 0 Å². The number of hydrogen-bond donors (Lipinski definition) is 11. The molecular formula is C20H37N3O13. The zero-order valence-corrected chi connectivity index (χ0v) is 19.6. The summed E-state index contributed by atoms with van der Waals surface area (Å²) >= 11 is 0. The van der Waals surface area contributed by atoms with Crippen LogP contribution in [-0.4, -0.2) is 159 Å². The van der Waals surface area contributed by atoms with Gasteiger partial charge in [0.25, 0.3) is 0 Å². The monoisotopic (exact) mass is 527 g/mol. The molecule has 0 amide bonds. The highest BCUT2D eigenvalue weighted by Gasteiger charge is 2.67. The Morgan fingerprint density at radius 3 is 2.22 bits per heavy atom. The van der Waals surface area contributed by atoms with Gasteiger partial charge in [0.05, 0.1) is 31.5 Å². The zero-order chi connectivity index (χ0) is 26.5. The molecule has 13 N–H and O–H groups in total. The molecule has 0 radical (unpaired) electrons. The quantitative estimate of drug-likeness (QED) is 0.153. The predicted molar refractivity (Wildman–Crippen MR) is 115 cm³/mol. The van der Waals surface area contributed by atoms with Gasteiger partial charge in [0.15, 0.2) is 12.4 Å². The maximum Gasteiger partial charge on any atom is 0.314 e. The summed E-state index contributed by atoms with van der Waals surface area (Å²) < 4.78 is 28.7. The average Bonchev–Trinajstić information content (AvgIpc) is 3.27. The minimum atomic E-state index is -2.48. The van der Waals surface area contributed by atoms with Crippen molar-refractivity contribution < 1.29 is 64.5 Å². The molecule has 4 fully saturated rings. The molecule has 1 aliphatic carbocycles. The Morgan fingerprint density at radius 2 is 1.61 bits per heavy atom. The summed E-state index contributed by atoms with van der Waals surface area (Å²) in [7, 11) is 1.60. The molecule has 0 bridgehead atoms. The van der Waals surface area contributed by atoms with E-state index in [1.54, 1.807) is 7.05 Å². The van der Waals surface area contributed by atoms with Crippen LogP contribution < -0.4 is 16.8 Å². The first-order valence-corrected chi connectivity index (χ1v) is 11.8. The molecule has 0 aromatic rings. The molecular weight excluding hydrogens is 490 g/mol. The van der Waals surface area contributed by atoms with Crippen LogP contribution in [0, 0.1) is 0 Å². The summed E-state index contributed by atoms with van der Waals surface area (Å²) in [5.41, 5.74) is 11.8. The fourth-order valence-electron chi connectivity index (χ4n) is 5.23. The van der Waals surface area contributed by atoms with Gasteiger partial charge < -0.3 is 81.3 Å². The van der Waals surface area contributed by atoms with Crippen LogP contribution in [0.3, 0.4) is 0 Å². The molecule has 1 saturated carbocycles. The smallest absolute Gasteiger partial charge is 0.314 e. The maximum atomic E-state index is 10.7. The topological polar surface area (TPSA) is 272 Å². The van der Waals surface area contributed by atoms with Crippen molar-refractivity contribution >= 4 is 0 Å². The van der Waals surface area contributed by atoms with E-state index in [2.05, 4.69) is 5.32 Å². The van der Waals surface area contributed by atoms with Gasteiger partial charge in [-0.3, -0.25) is 0 Å². The number of ether oxygens (including phenoxy) is 5. The van der Waals surface area contributed by atoms with E-state index in [-0.39, 0.29) is 6.42 Å². The van der Waals surface area contributed by atoms with E-state index < -0.39 is 111 Å². The third-order valence-corrected chi connectivity index (χ3v) is 7.42. The lowest BCUT2D eigenvalue weighted by Crippen LogP contribution is -2.69. The van der Waals surface area contributed by atoms with Crippen LogP contribution in [0.2, 0.25) is 0 Å². The van der Waals surface area contributed by atoms with Crippen molar-refractivity contribution in [2.24, 2.45) is 11.5 Å². The molecule has 4 rings (SSSR count). The summed E-state index contributed by atoms with van der Waals surface area (Å²) in [4.78, 5) is 0. The summed E-state index contributed by atoms with van der Waals surface area (Å²) in [5, 5.41) is 85.6. The van der Waals surface area contributed by atoms with Crippen molar-refractivity contribution in [3.8, 4) is 0 Å². The van der Waals surface area contributed by atoms with Gasteiger partial charge in [-0.2, -0.15) is 0 Å². The third kappa shape index (κ3) is 4.68. The molecule has 0 aromatic heterocycles. The molecule has 36 heavy (non-hydrogen) atoms. The van der Waals surface area contributed by atoms with Crippen molar-refractivity contribution in [3.05, 3.63) is 0 Å². The van der Waals surface area contributed by atoms with Gasteiger partial charge in [-0.1, -0.05) is 0 Å². The Labute approximate surface area is 206 Å². The molecule has 3 aliphatic heterocycles. The Hall–Kier alpha value is -0.640. The highest BCUT2D eigenvalue weighted by atomic mass is 16.9. The van der Waals surface area contributed by atoms with Crippen LogP contribution >= 0.6 is 0 Å². The van der Waals surface area contributed by atoms with Crippen molar-refractivity contribution in [2.75, 3.05) is 20.3 Å². The number of aliphatic hydroxyl groups excluding tert-OH is 8. The zero-order valence-electron chi connectivity index (χ0n) is 19.6. The molecule has 0 aromatic carbocycles. The third-order valence-electron chi connectivity index (χ3n) is 7.42. The van der Waals surface area contributed by atoms with Crippen molar-refractivity contribution in [1.82, 2.24) is 5.32 Å². The number of hydrogen-bond acceptors (Lipinski definition) is 16. The van der Waals surface area contributed by atoms with Crippen molar-refractivity contribution in [2.45, 2.75) is 104 Å². The van der Waals surface area contributed by atoms with E-state index in [9.17, 15) is 40.9 Å². The van der Waals surface area contributed by atoms with E-state index in [4.69, 9.17) is 35.2 Å². The van der Waals surface area contributed by atoms with Gasteiger partial charge in [0.2, 0.25) is 0 Å². The molecule has 6 unspecified atom stereocenters. The summed E-state index contributed by atoms with van der Waals surface area (Å²) in [6, 6.07) is -2.50. The van der Waals surface area contributed by atoms with Crippen LogP contribution in [-0.2, 0) is 23.7 Å². The van der Waals surface area contributed by atoms with E-state index in [0.29, 0.717) is 0 Å². The van der Waals surface area contributed by atoms with E-state index in [1.165, 1.54) is 0 Å². The Bertz CT molecular complexity index is 756. The SMILES string of the molecule is CN[C@@H]1C[C@H](N)[C@@H](O)[C@H](O[C@@H]2O[C@H](CO)[C@H](O)[C@@H]3OC4(OC(C(N)CO)C(O)C(O)C4O)O[C@H]23)[C@H]1O. The Kier molecular flexibility index (Phi) is 8.55. The lowest BCUT2D eigenvalue weighted by molar-refractivity contribution is -0.439. The van der Waals surface area contributed by atoms with Gasteiger partial charge >= 0.3 is 5.97 Å². The number of likely N-dealkylation sites (N-methyl/N-ethyl adjacent to an activating group) is 1. The molecule has 16 heteroatoms. The molecule has 3 heterocycles. The fraction of sp³-hybridized carbons (Fsp3) is 1.00. The lowest BCUT2D eigenvalue weighted by Gasteiger charge is -2.46. The number of aliphatic hydroxyl groups is 8. The van der Waals surface area contributed by atoms with Crippen LogP contribution in [0.1, 0.15) is 6.42 Å². The standard InChI is InChI=1S/C20H37N3O13/c1-23-7-2-5(21)9(26)15(10(7)27)33-19-17-16(11(28)8(4-25)32-19)35-20(36-17)18(31)13(30)12(29)14(34-20)6(22)3-24/h5-19,23-31H,2-4,21-22H2,1H3/t5-,6?,7+,8+,9+,10-,11-,12?,13?,14?,15-,16-,17-,18?,19-,20?/m0/s1. The van der Waals surface area contributed by atoms with Gasteiger partial charge in [-0.25, -0.2) is 0 Å². The highest BCUT2D eigenvalue weighted by Crippen LogP contribution is 2.45. The number of rotatable bonds is 6. The highest BCUT2D eigenvalue weighted by molar-refractivity contribution is 5.05. The first-order chi connectivity index (χ1) is 17.0. The molecule has 3 saturated heterocycles. The second-order valence-electron chi connectivity index (χ2n) is 9.72. The largest absolute Gasteiger partial charge is 0.395 e. The second-order valence-corrected chi connectivity index (χ2v) is 9.72. The lowest BCUT2D eigenvalue weighted by atomic mass is 9.84. The van der Waals surface area contributed by atoms with Crippen LogP contribution in [0.25, 0.3) is 0 Å². The fourth-order valence-corrected chi connectivity index (χ4v) is 5.23. The first kappa shape index (κ1) is 28.4. The number of fused-ring (bicyclic) bond motifs is 1. The molecule has 1 spiro atoms. The predicted octanol–water partition coefficient (Wildman–Crippen LogP) is -7.27. The summed E-state index contributed by atoms with van der Waals surface area (Å²) in [5.74, 6) is -2.48. The van der Waals surface area contributed by atoms with E-state index >= 15 is 0 Å². The van der Waals surface area contributed by atoms with Gasteiger partial charge in [0.1, 0.15) is 48.8 Å². The Balaban J connectivity index is 1.62. The van der Waals surface area contributed by atoms with Crippen molar-refractivity contribution in [1.29, 1.82) is 0 Å². The van der Waals surface area contributed by atoms with Gasteiger partial charge in [-0.15, -0.1) is 0 Å². The average molecular weight is 528 g/mol. The van der Waals surface area contributed by atoms with Crippen LogP contribution in [0.5, 0.6) is 0 Å². The number of nitrogens with one attached hydrogen (secondary N) is 1.